The molecule has 1 N–H and O–H groups in total. The Morgan fingerprint density at radius 3 is 2.24 bits per heavy atom. The third kappa shape index (κ3) is 4.79. The van der Waals surface area contributed by atoms with Gasteiger partial charge in [-0.05, 0) is 60.6 Å². The van der Waals surface area contributed by atoms with Crippen LogP contribution < -0.4 is 0 Å². The maximum absolute atomic E-state index is 13.9. The third-order valence-electron chi connectivity index (χ3n) is 7.37. The highest BCUT2D eigenvalue weighted by atomic mass is 19.4. The molecule has 4 rings (SSSR count). The maximum Gasteiger partial charge on any atom is 0.416 e. The van der Waals surface area contributed by atoms with Crippen molar-refractivity contribution in [3.63, 3.8) is 0 Å². The summed E-state index contributed by atoms with van der Waals surface area (Å²) in [6, 6.07) is 4.45. The number of carbonyl (C=O) groups excluding carboxylic acids is 1. The SMILES string of the molecule is CC(C)c1nc2c(c(C3CCCCC3)c1C(=O)c1ccc(C(F)(F)F)cc1)C(O)CC(C)(C)C2. The highest BCUT2D eigenvalue weighted by molar-refractivity contribution is 6.11. The molecule has 1 unspecified atom stereocenters. The minimum absolute atomic E-state index is 0.0387. The van der Waals surface area contributed by atoms with Gasteiger partial charge in [0.15, 0.2) is 5.78 Å². The van der Waals surface area contributed by atoms with Gasteiger partial charge in [-0.2, -0.15) is 13.2 Å². The van der Waals surface area contributed by atoms with Crippen LogP contribution in [0.5, 0.6) is 0 Å². The van der Waals surface area contributed by atoms with E-state index in [0.717, 1.165) is 67.5 Å². The topological polar surface area (TPSA) is 50.2 Å². The maximum atomic E-state index is 13.9. The molecule has 3 nitrogen and oxygen atoms in total. The number of benzene rings is 1. The Morgan fingerprint density at radius 1 is 1.06 bits per heavy atom. The predicted molar refractivity (Wildman–Crippen MR) is 126 cm³/mol. The van der Waals surface area contributed by atoms with Crippen LogP contribution in [0.2, 0.25) is 0 Å². The summed E-state index contributed by atoms with van der Waals surface area (Å²) in [5, 5.41) is 11.3. The minimum Gasteiger partial charge on any atom is -0.388 e. The Labute approximate surface area is 199 Å². The van der Waals surface area contributed by atoms with Crippen LogP contribution in [-0.2, 0) is 12.6 Å². The van der Waals surface area contributed by atoms with E-state index in [4.69, 9.17) is 4.98 Å². The van der Waals surface area contributed by atoms with E-state index in [-0.39, 0.29) is 28.6 Å². The van der Waals surface area contributed by atoms with Gasteiger partial charge in [0.1, 0.15) is 0 Å². The molecular weight excluding hydrogens is 439 g/mol. The number of pyridine rings is 1. The Hall–Kier alpha value is -2.21. The van der Waals surface area contributed by atoms with E-state index < -0.39 is 17.8 Å². The molecule has 0 amide bonds. The van der Waals surface area contributed by atoms with Crippen molar-refractivity contribution >= 4 is 5.78 Å². The number of ketones is 1. The number of aliphatic hydroxyl groups is 1. The summed E-state index contributed by atoms with van der Waals surface area (Å²) in [5.74, 6) is -0.194. The first-order valence-corrected chi connectivity index (χ1v) is 12.4. The molecule has 1 saturated carbocycles. The summed E-state index contributed by atoms with van der Waals surface area (Å²) >= 11 is 0. The minimum atomic E-state index is -4.46. The molecule has 1 aromatic carbocycles. The van der Waals surface area contributed by atoms with Gasteiger partial charge in [-0.3, -0.25) is 9.78 Å². The fourth-order valence-electron chi connectivity index (χ4n) is 5.77. The summed E-state index contributed by atoms with van der Waals surface area (Å²) in [5.41, 5.74) is 3.11. The number of aliphatic hydroxyl groups excluding tert-OH is 1. The second-order valence-corrected chi connectivity index (χ2v) is 11.1. The lowest BCUT2D eigenvalue weighted by Crippen LogP contribution is -2.31. The van der Waals surface area contributed by atoms with E-state index >= 15 is 0 Å². The fraction of sp³-hybridized carbons (Fsp3) is 0.571. The highest BCUT2D eigenvalue weighted by Crippen LogP contribution is 2.48. The van der Waals surface area contributed by atoms with Gasteiger partial charge in [0, 0.05) is 22.4 Å². The fourth-order valence-corrected chi connectivity index (χ4v) is 5.77. The molecule has 2 aliphatic carbocycles. The van der Waals surface area contributed by atoms with Gasteiger partial charge in [0.25, 0.3) is 0 Å². The lowest BCUT2D eigenvalue weighted by molar-refractivity contribution is -0.137. The predicted octanol–water partition coefficient (Wildman–Crippen LogP) is 7.51. The first-order valence-electron chi connectivity index (χ1n) is 12.4. The molecule has 34 heavy (non-hydrogen) atoms. The molecule has 0 aliphatic heterocycles. The van der Waals surface area contributed by atoms with Crippen LogP contribution in [0.4, 0.5) is 13.2 Å². The van der Waals surface area contributed by atoms with Crippen LogP contribution in [-0.4, -0.2) is 15.9 Å². The van der Waals surface area contributed by atoms with Crippen LogP contribution in [0.15, 0.2) is 24.3 Å². The van der Waals surface area contributed by atoms with Crippen molar-refractivity contribution in [2.75, 3.05) is 0 Å². The number of nitrogens with zero attached hydrogens (tertiary/aromatic N) is 1. The number of hydrogen-bond donors (Lipinski definition) is 1. The summed E-state index contributed by atoms with van der Waals surface area (Å²) in [6.07, 6.45) is 1.32. The zero-order valence-corrected chi connectivity index (χ0v) is 20.4. The summed E-state index contributed by atoms with van der Waals surface area (Å²) in [6.45, 7) is 8.23. The zero-order valence-electron chi connectivity index (χ0n) is 20.4. The summed E-state index contributed by atoms with van der Waals surface area (Å²) in [7, 11) is 0. The molecule has 1 fully saturated rings. The molecule has 1 aromatic heterocycles. The van der Waals surface area contributed by atoms with Crippen molar-refractivity contribution < 1.29 is 23.1 Å². The van der Waals surface area contributed by atoms with Crippen molar-refractivity contribution in [3.8, 4) is 0 Å². The van der Waals surface area contributed by atoms with Crippen LogP contribution in [0.3, 0.4) is 0 Å². The normalized spacial score (nSPS) is 20.9. The zero-order chi connectivity index (χ0) is 24.8. The van der Waals surface area contributed by atoms with Crippen molar-refractivity contribution in [2.45, 2.75) is 96.8 Å². The third-order valence-corrected chi connectivity index (χ3v) is 7.37. The Balaban J connectivity index is 1.93. The summed E-state index contributed by atoms with van der Waals surface area (Å²) in [4.78, 5) is 18.9. The molecule has 0 radical (unpaired) electrons. The second kappa shape index (κ2) is 9.10. The molecule has 6 heteroatoms. The quantitative estimate of drug-likeness (QED) is 0.468. The van der Waals surface area contributed by atoms with Crippen molar-refractivity contribution in [3.05, 3.63) is 63.5 Å². The number of alkyl halides is 3. The van der Waals surface area contributed by atoms with E-state index in [9.17, 15) is 23.1 Å². The van der Waals surface area contributed by atoms with E-state index in [1.807, 2.05) is 13.8 Å². The number of rotatable bonds is 4. The molecule has 1 heterocycles. The van der Waals surface area contributed by atoms with Gasteiger partial charge in [0.05, 0.1) is 17.4 Å². The Bertz CT molecular complexity index is 1060. The Morgan fingerprint density at radius 2 is 1.68 bits per heavy atom. The smallest absolute Gasteiger partial charge is 0.388 e. The molecule has 0 bridgehead atoms. The first-order chi connectivity index (χ1) is 15.9. The monoisotopic (exact) mass is 473 g/mol. The molecule has 1 atom stereocenters. The van der Waals surface area contributed by atoms with Crippen molar-refractivity contribution in [1.29, 1.82) is 0 Å². The van der Waals surface area contributed by atoms with E-state index in [1.54, 1.807) is 0 Å². The lowest BCUT2D eigenvalue weighted by atomic mass is 9.69. The molecule has 0 saturated heterocycles. The number of carbonyl (C=O) groups is 1. The molecule has 0 spiro atoms. The number of fused-ring (bicyclic) bond motifs is 1. The highest BCUT2D eigenvalue weighted by Gasteiger charge is 2.39. The summed E-state index contributed by atoms with van der Waals surface area (Å²) < 4.78 is 39.3. The van der Waals surface area contributed by atoms with Gasteiger partial charge >= 0.3 is 6.18 Å². The van der Waals surface area contributed by atoms with Crippen molar-refractivity contribution in [1.82, 2.24) is 4.98 Å². The number of hydrogen-bond acceptors (Lipinski definition) is 3. The second-order valence-electron chi connectivity index (χ2n) is 11.1. The molecular formula is C28H34F3NO2. The number of halogens is 3. The molecule has 2 aliphatic rings. The molecule has 184 valence electrons. The standard InChI is InChI=1S/C28H34F3NO2/c1-16(2)25-24(26(34)18-10-12-19(13-11-18)28(29,30)31)22(17-8-6-5-7-9-17)23-20(32-25)14-27(3,4)15-21(23)33/h10-13,16-17,21,33H,5-9,14-15H2,1-4H3. The van der Waals surface area contributed by atoms with Gasteiger partial charge in [0.2, 0.25) is 0 Å². The Kier molecular flexibility index (Phi) is 6.67. The van der Waals surface area contributed by atoms with Gasteiger partial charge in [-0.25, -0.2) is 0 Å². The van der Waals surface area contributed by atoms with E-state index in [1.165, 1.54) is 12.1 Å². The van der Waals surface area contributed by atoms with Gasteiger partial charge < -0.3 is 5.11 Å². The van der Waals surface area contributed by atoms with Crippen LogP contribution in [0, 0.1) is 5.41 Å². The number of aromatic nitrogens is 1. The average Bonchev–Trinajstić information content (AvgIpc) is 2.76. The van der Waals surface area contributed by atoms with Crippen LogP contribution in [0.25, 0.3) is 0 Å². The first kappa shape index (κ1) is 24.9. The average molecular weight is 474 g/mol. The lowest BCUT2D eigenvalue weighted by Gasteiger charge is -2.38. The van der Waals surface area contributed by atoms with Crippen LogP contribution in [0.1, 0.15) is 128 Å². The van der Waals surface area contributed by atoms with Gasteiger partial charge in [-0.15, -0.1) is 0 Å². The van der Waals surface area contributed by atoms with E-state index in [0.29, 0.717) is 17.7 Å². The molecule has 2 aromatic rings. The van der Waals surface area contributed by atoms with Crippen LogP contribution >= 0.6 is 0 Å². The largest absolute Gasteiger partial charge is 0.416 e. The van der Waals surface area contributed by atoms with Gasteiger partial charge in [-0.1, -0.05) is 59.1 Å². The van der Waals surface area contributed by atoms with E-state index in [2.05, 4.69) is 13.8 Å². The van der Waals surface area contributed by atoms with Crippen molar-refractivity contribution in [2.24, 2.45) is 5.41 Å².